The maximum Gasteiger partial charge on any atom is 1.00 e. The molecule has 0 fully saturated rings. The van der Waals surface area contributed by atoms with Crippen LogP contribution in [0.1, 0.15) is 1.43 Å². The summed E-state index contributed by atoms with van der Waals surface area (Å²) >= 11 is 0. The van der Waals surface area contributed by atoms with Crippen molar-refractivity contribution in [3.05, 3.63) is 0 Å². The van der Waals surface area contributed by atoms with Crippen LogP contribution in [-0.2, 0) is 42.7 Å². The first-order valence-corrected chi connectivity index (χ1v) is 1.95. The van der Waals surface area contributed by atoms with E-state index in [4.69, 9.17) is 14.4 Å². The maximum atomic E-state index is 8.74. The molecule has 0 amide bonds. The molecule has 0 saturated heterocycles. The topological polar surface area (TPSA) is 57.5 Å². The third-order valence-corrected chi connectivity index (χ3v) is 0. The van der Waals surface area contributed by atoms with Crippen molar-refractivity contribution in [2.75, 3.05) is 0 Å². The van der Waals surface area contributed by atoms with Gasteiger partial charge in [-0.15, -0.1) is 0 Å². The van der Waals surface area contributed by atoms with Gasteiger partial charge in [0.05, 0.1) is 0 Å². The van der Waals surface area contributed by atoms with E-state index in [0.29, 0.717) is 0 Å². The largest absolute Gasteiger partial charge is 1.00 e. The fourth-order valence-electron chi connectivity index (χ4n) is 0. The summed E-state index contributed by atoms with van der Waals surface area (Å²) in [4.78, 5) is 14.3. The van der Waals surface area contributed by atoms with E-state index in [1.165, 1.54) is 0 Å². The van der Waals surface area contributed by atoms with Gasteiger partial charge in [0.15, 0.2) is 0 Å². The fraction of sp³-hybridized carbons (Fsp3) is 0. The Bertz CT molecular complexity index is 46.8. The molecule has 8 heavy (non-hydrogen) atoms. The zero-order chi connectivity index (χ0) is 3.58. The third-order valence-electron chi connectivity index (χ3n) is 0. The van der Waals surface area contributed by atoms with Crippen LogP contribution in [0.15, 0.2) is 0 Å². The van der Waals surface area contributed by atoms with Gasteiger partial charge in [-0.05, 0) is 0 Å². The first-order valence-electron chi connectivity index (χ1n) is 0.651. The van der Waals surface area contributed by atoms with Crippen molar-refractivity contribution in [1.82, 2.24) is 0 Å². The van der Waals surface area contributed by atoms with Crippen molar-refractivity contribution in [3.63, 3.8) is 0 Å². The zero-order valence-electron chi connectivity index (χ0n) is 5.27. The zero-order valence-corrected chi connectivity index (χ0v) is 17.0. The minimum atomic E-state index is -3.13. The molecule has 0 aliphatic rings. The minimum Gasteiger partial charge on any atom is -1.00 e. The van der Waals surface area contributed by atoms with Gasteiger partial charge in [0.1, 0.15) is 0 Å². The average molecular weight is 486 g/mol. The monoisotopic (exact) mass is 488 g/mol. The summed E-state index contributed by atoms with van der Waals surface area (Å²) in [6, 6.07) is 0. The van der Waals surface area contributed by atoms with Crippen LogP contribution in [0.2, 0.25) is 0 Å². The summed E-state index contributed by atoms with van der Waals surface area (Å²) in [7, 11) is -3.13. The summed E-state index contributed by atoms with van der Waals surface area (Å²) in [5.41, 5.74) is 0. The molecular weight excluding hydrogens is 479 g/mol. The van der Waals surface area contributed by atoms with Crippen LogP contribution >= 0.6 is 8.25 Å². The molecule has 0 aromatic heterocycles. The molecule has 8 heteroatoms. The van der Waals surface area contributed by atoms with Crippen molar-refractivity contribution in [3.8, 4) is 0 Å². The average Bonchev–Trinajstić information content (AvgIpc) is 0.811. The Balaban J connectivity index is -0.00000000450. The van der Waals surface area contributed by atoms with Crippen molar-refractivity contribution in [2.24, 2.45) is 0 Å². The smallest absolute Gasteiger partial charge is 1.00 e. The van der Waals surface area contributed by atoms with Crippen LogP contribution in [0.3, 0.4) is 0 Å². The van der Waals surface area contributed by atoms with Gasteiger partial charge < -0.3 is 11.2 Å². The summed E-state index contributed by atoms with van der Waals surface area (Å²) in [5, 5.41) is 0. The predicted octanol–water partition coefficient (Wildman–Crippen LogP) is -4.71. The maximum absolute atomic E-state index is 8.74. The van der Waals surface area contributed by atoms with Crippen LogP contribution in [0.25, 0.3) is 0 Å². The Morgan fingerprint density at radius 3 is 1.38 bits per heavy atom. The van der Waals surface area contributed by atoms with Gasteiger partial charge in [0, 0.05) is 38.1 Å². The van der Waals surface area contributed by atoms with E-state index < -0.39 is 8.25 Å². The molecule has 0 saturated carbocycles. The van der Waals surface area contributed by atoms with Gasteiger partial charge in [-0.25, -0.2) is 0 Å². The Labute approximate surface area is 136 Å². The van der Waals surface area contributed by atoms with E-state index in [0.717, 1.165) is 0 Å². The van der Waals surface area contributed by atoms with Crippen molar-refractivity contribution in [1.29, 1.82) is 0 Å². The van der Waals surface area contributed by atoms with Crippen LogP contribution < -0.4 is 51.4 Å². The van der Waals surface area contributed by atoms with Crippen molar-refractivity contribution >= 4 is 34.5 Å². The van der Waals surface area contributed by atoms with E-state index in [9.17, 15) is 0 Å². The first-order chi connectivity index (χ1) is 1.73. The van der Waals surface area contributed by atoms with Crippen LogP contribution in [0, 0.1) is 0 Å². The normalized spacial score (nSPS) is 4.38. The summed E-state index contributed by atoms with van der Waals surface area (Å²) in [6.45, 7) is 0. The Hall–Kier alpha value is 3.88. The molecule has 3 nitrogen and oxygen atoms in total. The Morgan fingerprint density at radius 2 is 1.38 bits per heavy atom. The molecular formula is H7BiFeKMoO3P. The summed E-state index contributed by atoms with van der Waals surface area (Å²) in [5.74, 6) is 0. The van der Waals surface area contributed by atoms with E-state index in [-0.39, 0.29) is 117 Å². The second-order valence-corrected chi connectivity index (χ2v) is 0.848. The predicted molar refractivity (Wildman–Crippen MR) is 24.5 cm³/mol. The second kappa shape index (κ2) is 22.4. The summed E-state index contributed by atoms with van der Waals surface area (Å²) in [6.07, 6.45) is 0. The second-order valence-electron chi connectivity index (χ2n) is 0.283. The SMILES string of the molecule is O=[PH](O)O.[BiH3].[Fe].[H-].[K+].[Mo]. The van der Waals surface area contributed by atoms with E-state index in [1.54, 1.807) is 0 Å². The third kappa shape index (κ3) is 51.8. The first kappa shape index (κ1) is 29.7. The van der Waals surface area contributed by atoms with Gasteiger partial charge in [-0.1, -0.05) is 0 Å². The van der Waals surface area contributed by atoms with Gasteiger partial charge in [0.2, 0.25) is 0 Å². The van der Waals surface area contributed by atoms with E-state index >= 15 is 0 Å². The molecule has 0 heterocycles. The van der Waals surface area contributed by atoms with Crippen molar-refractivity contribution in [2.45, 2.75) is 0 Å². The van der Waals surface area contributed by atoms with Crippen LogP contribution in [0.5, 0.6) is 0 Å². The molecule has 0 rings (SSSR count). The molecule has 2 N–H and O–H groups in total. The molecule has 0 spiro atoms. The quantitative estimate of drug-likeness (QED) is 0.268. The number of hydrogen-bond acceptors (Lipinski definition) is 1. The standard InChI is InChI=1S/Bi.Fe.K.Mo.H3O3P.4H/c;;;;1-4(2)3;;;;/h;;;;4H,(H2,1,2,3);;;;/q;;+1;;;;;;-1. The molecule has 0 atom stereocenters. The molecule has 0 unspecified atom stereocenters. The van der Waals surface area contributed by atoms with Crippen LogP contribution in [0.4, 0.5) is 0 Å². The molecule has 50 valence electrons. The Morgan fingerprint density at radius 1 is 1.38 bits per heavy atom. The molecule has 0 aliphatic heterocycles. The summed E-state index contributed by atoms with van der Waals surface area (Å²) < 4.78 is 8.74. The molecule has 0 aromatic carbocycles. The fourth-order valence-corrected chi connectivity index (χ4v) is 0. The molecule has 0 bridgehead atoms. The van der Waals surface area contributed by atoms with Gasteiger partial charge >= 0.3 is 85.8 Å². The Kier molecular flexibility index (Phi) is 83.3. The van der Waals surface area contributed by atoms with Gasteiger partial charge in [0.25, 0.3) is 0 Å². The van der Waals surface area contributed by atoms with Gasteiger partial charge in [-0.2, -0.15) is 0 Å². The number of hydrogen-bond donors (Lipinski definition) is 2. The molecule has 0 aromatic rings. The van der Waals surface area contributed by atoms with Crippen LogP contribution in [-0.4, -0.2) is 36.0 Å². The molecule has 0 radical (unpaired) electrons. The van der Waals surface area contributed by atoms with E-state index in [2.05, 4.69) is 0 Å². The van der Waals surface area contributed by atoms with Crippen molar-refractivity contribution < 1.29 is 105 Å². The van der Waals surface area contributed by atoms with E-state index in [1.807, 2.05) is 0 Å². The number of rotatable bonds is 0. The minimum absolute atomic E-state index is 0. The van der Waals surface area contributed by atoms with Gasteiger partial charge in [-0.3, -0.25) is 4.57 Å². The molecule has 0 aliphatic carbocycles.